The fraction of sp³-hybridized carbons (Fsp3) is 0.250. The summed E-state index contributed by atoms with van der Waals surface area (Å²) < 4.78 is 20.6. The van der Waals surface area contributed by atoms with E-state index >= 15 is 0 Å². The summed E-state index contributed by atoms with van der Waals surface area (Å²) in [5.74, 6) is 0.158. The van der Waals surface area contributed by atoms with E-state index in [1.807, 2.05) is 32.0 Å². The summed E-state index contributed by atoms with van der Waals surface area (Å²) >= 11 is 9.20. The first-order valence-electron chi connectivity index (χ1n) is 6.67. The van der Waals surface area contributed by atoms with Crippen LogP contribution in [-0.2, 0) is 0 Å². The number of hydrogen-bond acceptors (Lipinski definition) is 2. The van der Waals surface area contributed by atoms with Gasteiger partial charge in [0.15, 0.2) is 11.6 Å². The van der Waals surface area contributed by atoms with Gasteiger partial charge in [0.1, 0.15) is 5.75 Å². The van der Waals surface area contributed by atoms with Gasteiger partial charge in [0, 0.05) is 16.1 Å². The number of rotatable bonds is 5. The van der Waals surface area contributed by atoms with Crippen LogP contribution in [-0.4, -0.2) is 6.54 Å². The molecule has 2 nitrogen and oxygen atoms in total. The zero-order chi connectivity index (χ0) is 15.4. The van der Waals surface area contributed by atoms with Crippen molar-refractivity contribution in [1.29, 1.82) is 0 Å². The third-order valence-electron chi connectivity index (χ3n) is 3.09. The lowest BCUT2D eigenvalue weighted by molar-refractivity contribution is 0.430. The van der Waals surface area contributed by atoms with Gasteiger partial charge in [0.25, 0.3) is 0 Å². The van der Waals surface area contributed by atoms with Crippen molar-refractivity contribution in [3.63, 3.8) is 0 Å². The highest BCUT2D eigenvalue weighted by molar-refractivity contribution is 9.10. The molecule has 21 heavy (non-hydrogen) atoms. The van der Waals surface area contributed by atoms with Gasteiger partial charge in [-0.3, -0.25) is 0 Å². The molecule has 0 aliphatic heterocycles. The highest BCUT2D eigenvalue weighted by Crippen LogP contribution is 2.34. The van der Waals surface area contributed by atoms with E-state index in [0.29, 0.717) is 5.75 Å². The molecule has 0 bridgehead atoms. The highest BCUT2D eigenvalue weighted by Gasteiger charge is 2.15. The third-order valence-corrected chi connectivity index (χ3v) is 3.87. The van der Waals surface area contributed by atoms with Crippen molar-refractivity contribution in [2.45, 2.75) is 19.9 Å². The van der Waals surface area contributed by atoms with E-state index in [1.165, 1.54) is 6.07 Å². The Hall–Kier alpha value is -1.10. The Kier molecular flexibility index (Phi) is 5.62. The van der Waals surface area contributed by atoms with Gasteiger partial charge in [-0.25, -0.2) is 4.39 Å². The molecule has 0 aromatic heterocycles. The normalized spacial score (nSPS) is 12.2. The molecule has 0 amide bonds. The summed E-state index contributed by atoms with van der Waals surface area (Å²) in [7, 11) is 0. The zero-order valence-electron chi connectivity index (χ0n) is 11.8. The first-order valence-corrected chi connectivity index (χ1v) is 7.84. The fourth-order valence-electron chi connectivity index (χ4n) is 2.05. The van der Waals surface area contributed by atoms with Gasteiger partial charge >= 0.3 is 0 Å². The monoisotopic (exact) mass is 371 g/mol. The molecule has 5 heteroatoms. The van der Waals surface area contributed by atoms with Crippen LogP contribution >= 0.6 is 27.5 Å². The summed E-state index contributed by atoms with van der Waals surface area (Å²) in [4.78, 5) is 0. The van der Waals surface area contributed by atoms with Crippen LogP contribution in [0.15, 0.2) is 40.9 Å². The Morgan fingerprint density at radius 3 is 2.76 bits per heavy atom. The Morgan fingerprint density at radius 1 is 1.29 bits per heavy atom. The number of hydrogen-bond donors (Lipinski definition) is 1. The summed E-state index contributed by atoms with van der Waals surface area (Å²) in [5, 5.41) is 3.36. The van der Waals surface area contributed by atoms with Crippen LogP contribution in [0.2, 0.25) is 5.02 Å². The maximum Gasteiger partial charge on any atom is 0.184 e. The largest absolute Gasteiger partial charge is 0.454 e. The van der Waals surface area contributed by atoms with Crippen molar-refractivity contribution in [1.82, 2.24) is 5.32 Å². The van der Waals surface area contributed by atoms with E-state index in [1.54, 1.807) is 12.1 Å². The predicted octanol–water partition coefficient (Wildman–Crippen LogP) is 5.70. The average Bonchev–Trinajstić information content (AvgIpc) is 2.44. The molecule has 2 rings (SSSR count). The standard InChI is InChI=1S/C16H16BrClFNO/c1-3-20-10(2)12-8-7-11(17)9-15(12)21-14-6-4-5-13(18)16(14)19/h4-10,20H,3H2,1-2H3. The molecule has 2 aromatic rings. The molecule has 0 fully saturated rings. The third kappa shape index (κ3) is 3.96. The van der Waals surface area contributed by atoms with Crippen molar-refractivity contribution in [3.05, 3.63) is 57.3 Å². The van der Waals surface area contributed by atoms with Crippen LogP contribution in [0.5, 0.6) is 11.5 Å². The number of benzene rings is 2. The lowest BCUT2D eigenvalue weighted by Gasteiger charge is -2.18. The maximum absolute atomic E-state index is 14.0. The minimum atomic E-state index is -0.554. The smallest absolute Gasteiger partial charge is 0.184 e. The van der Waals surface area contributed by atoms with Gasteiger partial charge in [-0.2, -0.15) is 0 Å². The molecular formula is C16H16BrClFNO. The van der Waals surface area contributed by atoms with E-state index in [2.05, 4.69) is 21.2 Å². The average molecular weight is 373 g/mol. The minimum Gasteiger partial charge on any atom is -0.454 e. The molecule has 0 radical (unpaired) electrons. The maximum atomic E-state index is 14.0. The zero-order valence-corrected chi connectivity index (χ0v) is 14.1. The van der Waals surface area contributed by atoms with E-state index in [4.69, 9.17) is 16.3 Å². The van der Waals surface area contributed by atoms with E-state index in [-0.39, 0.29) is 16.8 Å². The molecule has 0 heterocycles. The molecule has 2 aromatic carbocycles. The summed E-state index contributed by atoms with van der Waals surface area (Å²) in [6.07, 6.45) is 0. The van der Waals surface area contributed by atoms with Crippen LogP contribution in [0.1, 0.15) is 25.5 Å². The van der Waals surface area contributed by atoms with E-state index in [0.717, 1.165) is 16.6 Å². The quantitative estimate of drug-likeness (QED) is 0.726. The van der Waals surface area contributed by atoms with Crippen molar-refractivity contribution < 1.29 is 9.13 Å². The molecule has 1 unspecified atom stereocenters. The van der Waals surface area contributed by atoms with Crippen molar-refractivity contribution in [2.75, 3.05) is 6.54 Å². The van der Waals surface area contributed by atoms with Crippen molar-refractivity contribution in [3.8, 4) is 11.5 Å². The summed E-state index contributed by atoms with van der Waals surface area (Å²) in [6, 6.07) is 10.5. The van der Waals surface area contributed by atoms with Crippen molar-refractivity contribution in [2.24, 2.45) is 0 Å². The van der Waals surface area contributed by atoms with Crippen LogP contribution < -0.4 is 10.1 Å². The van der Waals surface area contributed by atoms with Crippen LogP contribution in [0.4, 0.5) is 4.39 Å². The molecule has 112 valence electrons. The second kappa shape index (κ2) is 7.25. The van der Waals surface area contributed by atoms with Crippen molar-refractivity contribution >= 4 is 27.5 Å². The first-order chi connectivity index (χ1) is 10.0. The molecular weight excluding hydrogens is 357 g/mol. The number of nitrogens with one attached hydrogen (secondary N) is 1. The lowest BCUT2D eigenvalue weighted by atomic mass is 10.1. The van der Waals surface area contributed by atoms with Gasteiger partial charge in [-0.1, -0.05) is 46.6 Å². The lowest BCUT2D eigenvalue weighted by Crippen LogP contribution is -2.18. The molecule has 1 atom stereocenters. The first kappa shape index (κ1) is 16.3. The van der Waals surface area contributed by atoms with Crippen LogP contribution in [0, 0.1) is 5.82 Å². The summed E-state index contributed by atoms with van der Waals surface area (Å²) in [6.45, 7) is 4.91. The van der Waals surface area contributed by atoms with E-state index in [9.17, 15) is 4.39 Å². The molecule has 0 aliphatic carbocycles. The molecule has 0 saturated heterocycles. The topological polar surface area (TPSA) is 21.3 Å². The van der Waals surface area contributed by atoms with Gasteiger partial charge in [-0.05, 0) is 37.7 Å². The number of halogens is 3. The minimum absolute atomic E-state index is 0.0452. The molecule has 0 aliphatic rings. The summed E-state index contributed by atoms with van der Waals surface area (Å²) in [5.41, 5.74) is 0.958. The Balaban J connectivity index is 2.38. The molecule has 0 spiro atoms. The highest BCUT2D eigenvalue weighted by atomic mass is 79.9. The predicted molar refractivity (Wildman–Crippen MR) is 87.7 cm³/mol. The Labute approximate surface area is 137 Å². The Bertz CT molecular complexity index is 636. The second-order valence-corrected chi connectivity index (χ2v) is 5.94. The van der Waals surface area contributed by atoms with Gasteiger partial charge in [0.05, 0.1) is 5.02 Å². The van der Waals surface area contributed by atoms with Crippen LogP contribution in [0.25, 0.3) is 0 Å². The van der Waals surface area contributed by atoms with Gasteiger partial charge < -0.3 is 10.1 Å². The Morgan fingerprint density at radius 2 is 2.05 bits per heavy atom. The fourth-order valence-corrected chi connectivity index (χ4v) is 2.56. The SMILES string of the molecule is CCNC(C)c1ccc(Br)cc1Oc1cccc(Cl)c1F. The number of ether oxygens (including phenoxy) is 1. The van der Waals surface area contributed by atoms with E-state index < -0.39 is 5.82 Å². The van der Waals surface area contributed by atoms with Gasteiger partial charge in [-0.15, -0.1) is 0 Å². The van der Waals surface area contributed by atoms with Gasteiger partial charge in [0.2, 0.25) is 0 Å². The second-order valence-electron chi connectivity index (χ2n) is 4.62. The molecule has 1 N–H and O–H groups in total. The van der Waals surface area contributed by atoms with Crippen LogP contribution in [0.3, 0.4) is 0 Å². The molecule has 0 saturated carbocycles.